The van der Waals surface area contributed by atoms with Gasteiger partial charge in [0, 0.05) is 6.54 Å². The highest BCUT2D eigenvalue weighted by molar-refractivity contribution is 7.47. The molecule has 27 heavy (non-hydrogen) atoms. The highest BCUT2D eigenvalue weighted by Crippen LogP contribution is 2.42. The van der Waals surface area contributed by atoms with Gasteiger partial charge in [-0.05, 0) is 16.3 Å². The molecule has 2 aromatic carbocycles. The molecule has 1 unspecified atom stereocenters. The van der Waals surface area contributed by atoms with Crippen LogP contribution in [0.15, 0.2) is 42.5 Å². The Morgan fingerprint density at radius 3 is 2.44 bits per heavy atom. The van der Waals surface area contributed by atoms with E-state index in [4.69, 9.17) is 9.05 Å². The molecule has 0 bridgehead atoms. The first-order valence-electron chi connectivity index (χ1n) is 8.81. The minimum atomic E-state index is -4.09. The smallest absolute Gasteiger partial charge is 0.353 e. The minimum absolute atomic E-state index is 0.0956. The molecule has 0 aliphatic heterocycles. The van der Waals surface area contributed by atoms with Crippen LogP contribution >= 0.6 is 7.82 Å². The van der Waals surface area contributed by atoms with Crippen LogP contribution in [-0.2, 0) is 24.8 Å². The van der Waals surface area contributed by atoms with Crippen molar-refractivity contribution >= 4 is 24.5 Å². The average Bonchev–Trinajstić information content (AvgIpc) is 2.57. The zero-order valence-electron chi connectivity index (χ0n) is 16.1. The van der Waals surface area contributed by atoms with Crippen molar-refractivity contribution in [2.75, 3.05) is 47.4 Å². The van der Waals surface area contributed by atoms with E-state index in [1.54, 1.807) is 0 Å². The molecule has 2 N–H and O–H groups in total. The predicted octanol–water partition coefficient (Wildman–Crippen LogP) is 2.34. The van der Waals surface area contributed by atoms with Crippen molar-refractivity contribution in [3.05, 3.63) is 48.0 Å². The molecule has 1 amide bonds. The van der Waals surface area contributed by atoms with Crippen LogP contribution in [-0.4, -0.2) is 62.7 Å². The van der Waals surface area contributed by atoms with Crippen LogP contribution in [0.2, 0.25) is 0 Å². The van der Waals surface area contributed by atoms with Gasteiger partial charge < -0.3 is 14.7 Å². The van der Waals surface area contributed by atoms with Gasteiger partial charge in [0.05, 0.1) is 34.2 Å². The fourth-order valence-corrected chi connectivity index (χ4v) is 3.12. The summed E-state index contributed by atoms with van der Waals surface area (Å²) in [5, 5.41) is 4.88. The summed E-state index contributed by atoms with van der Waals surface area (Å²) < 4.78 is 22.1. The van der Waals surface area contributed by atoms with Gasteiger partial charge >= 0.3 is 7.82 Å². The molecule has 0 aliphatic carbocycles. The summed E-state index contributed by atoms with van der Waals surface area (Å²) in [4.78, 5) is 21.6. The largest absolute Gasteiger partial charge is 0.472 e. The van der Waals surface area contributed by atoms with E-state index in [-0.39, 0.29) is 32.1 Å². The number of likely N-dealkylation sites (N-methyl/N-ethyl adjacent to an activating group) is 1. The molecule has 1 atom stereocenters. The number of hydrogen-bond donors (Lipinski definition) is 2. The van der Waals surface area contributed by atoms with Crippen LogP contribution in [0.25, 0.3) is 10.8 Å². The normalized spacial score (nSPS) is 14.1. The van der Waals surface area contributed by atoms with E-state index in [0.717, 1.165) is 16.3 Å². The molecule has 0 aromatic heterocycles. The lowest BCUT2D eigenvalue weighted by molar-refractivity contribution is -0.870. The van der Waals surface area contributed by atoms with Crippen LogP contribution in [0.4, 0.5) is 0 Å². The summed E-state index contributed by atoms with van der Waals surface area (Å²) in [6.07, 6.45) is 0.238. The standard InChI is InChI=1S/C19H27N2O5P/c1-21(2,3)11-13-26-27(23,24)25-12-10-20-19(22)15-16-8-9-17-6-4-5-7-18(17)14-16/h4-9,14H,10-13,15H2,1-3H3,(H-,20,22,23,24)/p+1. The molecule has 148 valence electrons. The van der Waals surface area contributed by atoms with Gasteiger partial charge in [-0.15, -0.1) is 0 Å². The Morgan fingerprint density at radius 2 is 1.74 bits per heavy atom. The van der Waals surface area contributed by atoms with E-state index in [0.29, 0.717) is 11.0 Å². The van der Waals surface area contributed by atoms with Gasteiger partial charge in [0.25, 0.3) is 0 Å². The molecule has 0 fully saturated rings. The van der Waals surface area contributed by atoms with Gasteiger partial charge in [-0.1, -0.05) is 42.5 Å². The second-order valence-electron chi connectivity index (χ2n) is 7.36. The first-order valence-corrected chi connectivity index (χ1v) is 10.3. The molecule has 0 radical (unpaired) electrons. The van der Waals surface area contributed by atoms with E-state index in [2.05, 4.69) is 5.32 Å². The van der Waals surface area contributed by atoms with E-state index in [1.807, 2.05) is 63.6 Å². The number of benzene rings is 2. The van der Waals surface area contributed by atoms with Crippen LogP contribution in [0.5, 0.6) is 0 Å². The monoisotopic (exact) mass is 395 g/mol. The molecular formula is C19H28N2O5P+. The highest BCUT2D eigenvalue weighted by atomic mass is 31.2. The molecule has 0 saturated heterocycles. The third-order valence-corrected chi connectivity index (χ3v) is 4.89. The number of rotatable bonds is 10. The van der Waals surface area contributed by atoms with Gasteiger partial charge in [0.2, 0.25) is 5.91 Å². The maximum Gasteiger partial charge on any atom is 0.472 e. The van der Waals surface area contributed by atoms with Gasteiger partial charge in [-0.25, -0.2) is 4.57 Å². The Balaban J connectivity index is 1.70. The summed E-state index contributed by atoms with van der Waals surface area (Å²) in [6.45, 7) is 0.735. The number of quaternary nitrogens is 1. The van der Waals surface area contributed by atoms with E-state index >= 15 is 0 Å². The van der Waals surface area contributed by atoms with Crippen LogP contribution in [0, 0.1) is 0 Å². The van der Waals surface area contributed by atoms with Crippen molar-refractivity contribution in [3.8, 4) is 0 Å². The lowest BCUT2D eigenvalue weighted by Gasteiger charge is -2.24. The number of carbonyl (C=O) groups excluding carboxylic acids is 1. The average molecular weight is 395 g/mol. The summed E-state index contributed by atoms with van der Waals surface area (Å²) in [5.41, 5.74) is 0.906. The molecule has 2 rings (SSSR count). The zero-order valence-corrected chi connectivity index (χ0v) is 16.9. The van der Waals surface area contributed by atoms with E-state index in [1.165, 1.54) is 0 Å². The summed E-state index contributed by atoms with van der Waals surface area (Å²) in [7, 11) is 1.77. The van der Waals surface area contributed by atoms with Crippen LogP contribution in [0.3, 0.4) is 0 Å². The zero-order chi connectivity index (χ0) is 19.9. The van der Waals surface area contributed by atoms with E-state index in [9.17, 15) is 14.3 Å². The Bertz CT molecular complexity index is 819. The van der Waals surface area contributed by atoms with Gasteiger partial charge in [-0.2, -0.15) is 0 Å². The molecule has 2 aromatic rings. The molecule has 0 spiro atoms. The second-order valence-corrected chi connectivity index (χ2v) is 8.81. The molecule has 0 aliphatic rings. The fraction of sp³-hybridized carbons (Fsp3) is 0.421. The quantitative estimate of drug-likeness (QED) is 0.366. The molecule has 0 saturated carbocycles. The highest BCUT2D eigenvalue weighted by Gasteiger charge is 2.22. The van der Waals surface area contributed by atoms with Gasteiger partial charge in [-0.3, -0.25) is 13.8 Å². The van der Waals surface area contributed by atoms with E-state index < -0.39 is 7.82 Å². The summed E-state index contributed by atoms with van der Waals surface area (Å²) in [5.74, 6) is -0.174. The number of hydrogen-bond acceptors (Lipinski definition) is 4. The number of amides is 1. The topological polar surface area (TPSA) is 84.9 Å². The Morgan fingerprint density at radius 1 is 1.07 bits per heavy atom. The maximum atomic E-state index is 12.0. The Labute approximate surface area is 160 Å². The minimum Gasteiger partial charge on any atom is -0.353 e. The number of carbonyl (C=O) groups is 1. The molecule has 7 nitrogen and oxygen atoms in total. The van der Waals surface area contributed by atoms with Crippen LogP contribution in [0.1, 0.15) is 5.56 Å². The SMILES string of the molecule is C[N+](C)(C)CCOP(=O)(O)OCCNC(=O)Cc1ccc2ccccc2c1. The lowest BCUT2D eigenvalue weighted by Crippen LogP contribution is -2.37. The summed E-state index contributed by atoms with van der Waals surface area (Å²) in [6, 6.07) is 13.8. The third kappa shape index (κ3) is 8.20. The maximum absolute atomic E-state index is 12.0. The molecule has 0 heterocycles. The number of nitrogens with zero attached hydrogens (tertiary/aromatic N) is 1. The van der Waals surface area contributed by atoms with Crippen molar-refractivity contribution in [1.29, 1.82) is 0 Å². The van der Waals surface area contributed by atoms with Crippen molar-refractivity contribution in [3.63, 3.8) is 0 Å². The van der Waals surface area contributed by atoms with Crippen molar-refractivity contribution in [2.45, 2.75) is 6.42 Å². The Kier molecular flexibility index (Phi) is 7.53. The van der Waals surface area contributed by atoms with Crippen molar-refractivity contribution < 1.29 is 27.8 Å². The Hall–Kier alpha value is -1.76. The summed E-state index contributed by atoms with van der Waals surface area (Å²) >= 11 is 0. The molecule has 8 heteroatoms. The van der Waals surface area contributed by atoms with Gasteiger partial charge in [0.1, 0.15) is 13.2 Å². The van der Waals surface area contributed by atoms with Crippen molar-refractivity contribution in [2.24, 2.45) is 0 Å². The fourth-order valence-electron chi connectivity index (χ4n) is 2.42. The first-order chi connectivity index (χ1) is 12.6. The number of phosphoric acid groups is 1. The lowest BCUT2D eigenvalue weighted by atomic mass is 10.1. The number of fused-ring (bicyclic) bond motifs is 1. The number of phosphoric ester groups is 1. The number of nitrogens with one attached hydrogen (secondary N) is 1. The van der Waals surface area contributed by atoms with Crippen LogP contribution < -0.4 is 5.32 Å². The van der Waals surface area contributed by atoms with Crippen molar-refractivity contribution in [1.82, 2.24) is 5.32 Å². The predicted molar refractivity (Wildman–Crippen MR) is 105 cm³/mol. The second kappa shape index (κ2) is 9.44. The van der Waals surface area contributed by atoms with Gasteiger partial charge in [0.15, 0.2) is 0 Å². The first kappa shape index (κ1) is 21.5. The molecular weight excluding hydrogens is 367 g/mol. The third-order valence-electron chi connectivity index (χ3n) is 3.87.